The van der Waals surface area contributed by atoms with E-state index in [0.717, 1.165) is 17.5 Å². The van der Waals surface area contributed by atoms with E-state index >= 15 is 0 Å². The standard InChI is InChI=1S/C18H17N2O2/c1-4-20-17-8-6-5-7-15(17)16-11-14(9-10-18(16)20)12(2)19-22-13(3)21/h6-11H,4H2,1-3H3/b19-12-. The molecule has 0 aliphatic heterocycles. The Hall–Kier alpha value is -2.62. The van der Waals surface area contributed by atoms with E-state index in [1.54, 1.807) is 0 Å². The first-order chi connectivity index (χ1) is 10.6. The monoisotopic (exact) mass is 293 g/mol. The van der Waals surface area contributed by atoms with Gasteiger partial charge in [0, 0.05) is 35.3 Å². The van der Waals surface area contributed by atoms with Gasteiger partial charge in [-0.3, -0.25) is 0 Å². The van der Waals surface area contributed by atoms with Gasteiger partial charge < -0.3 is 9.40 Å². The molecule has 1 aromatic heterocycles. The van der Waals surface area contributed by atoms with Crippen LogP contribution in [-0.4, -0.2) is 16.2 Å². The number of aryl methyl sites for hydroxylation is 1. The number of oxime groups is 1. The van der Waals surface area contributed by atoms with E-state index in [0.29, 0.717) is 5.71 Å². The summed E-state index contributed by atoms with van der Waals surface area (Å²) in [6.07, 6.45) is 0. The van der Waals surface area contributed by atoms with Crippen molar-refractivity contribution in [2.75, 3.05) is 0 Å². The van der Waals surface area contributed by atoms with E-state index in [-0.39, 0.29) is 0 Å². The molecule has 22 heavy (non-hydrogen) atoms. The molecule has 111 valence electrons. The Morgan fingerprint density at radius 3 is 2.73 bits per heavy atom. The van der Waals surface area contributed by atoms with E-state index in [9.17, 15) is 4.79 Å². The first-order valence-corrected chi connectivity index (χ1v) is 7.26. The molecule has 4 nitrogen and oxygen atoms in total. The van der Waals surface area contributed by atoms with Crippen molar-refractivity contribution in [1.29, 1.82) is 0 Å². The summed E-state index contributed by atoms with van der Waals surface area (Å²) in [4.78, 5) is 15.6. The number of hydrogen-bond acceptors (Lipinski definition) is 3. The maximum Gasteiger partial charge on any atom is 0.331 e. The Bertz CT molecular complexity index is 891. The summed E-state index contributed by atoms with van der Waals surface area (Å²) in [5.41, 5.74) is 3.99. The normalized spacial score (nSPS) is 12.0. The zero-order valence-corrected chi connectivity index (χ0v) is 12.9. The zero-order chi connectivity index (χ0) is 15.7. The van der Waals surface area contributed by atoms with Crippen LogP contribution in [0.5, 0.6) is 0 Å². The molecule has 0 atom stereocenters. The number of carbonyl (C=O) groups excluding carboxylic acids is 1. The van der Waals surface area contributed by atoms with Crippen LogP contribution < -0.4 is 0 Å². The maximum atomic E-state index is 10.9. The van der Waals surface area contributed by atoms with Gasteiger partial charge in [-0.2, -0.15) is 0 Å². The van der Waals surface area contributed by atoms with E-state index in [1.807, 2.05) is 25.1 Å². The molecule has 3 aromatic rings. The zero-order valence-electron chi connectivity index (χ0n) is 12.9. The topological polar surface area (TPSA) is 43.6 Å². The van der Waals surface area contributed by atoms with Crippen molar-refractivity contribution in [3.05, 3.63) is 48.0 Å². The van der Waals surface area contributed by atoms with E-state index in [1.165, 1.54) is 23.3 Å². The number of hydrogen-bond donors (Lipinski definition) is 0. The number of benzene rings is 2. The summed E-state index contributed by atoms with van der Waals surface area (Å²) >= 11 is 0. The minimum Gasteiger partial charge on any atom is -0.341 e. The van der Waals surface area contributed by atoms with Gasteiger partial charge in [-0.05, 0) is 49.7 Å². The van der Waals surface area contributed by atoms with Crippen LogP contribution in [0, 0.1) is 6.07 Å². The third-order valence-corrected chi connectivity index (χ3v) is 3.75. The van der Waals surface area contributed by atoms with Gasteiger partial charge in [0.05, 0.1) is 5.71 Å². The molecule has 0 N–H and O–H groups in total. The minimum atomic E-state index is -0.419. The Labute approximate surface area is 129 Å². The van der Waals surface area contributed by atoms with Gasteiger partial charge >= 0.3 is 5.97 Å². The third kappa shape index (κ3) is 2.37. The highest BCUT2D eigenvalue weighted by atomic mass is 16.7. The summed E-state index contributed by atoms with van der Waals surface area (Å²) in [7, 11) is 0. The molecule has 2 aromatic carbocycles. The smallest absolute Gasteiger partial charge is 0.331 e. The molecule has 0 bridgehead atoms. The fraction of sp³-hybridized carbons (Fsp3) is 0.222. The largest absolute Gasteiger partial charge is 0.341 e. The molecule has 0 unspecified atom stereocenters. The van der Waals surface area contributed by atoms with E-state index < -0.39 is 5.97 Å². The molecule has 1 radical (unpaired) electrons. The maximum absolute atomic E-state index is 10.9. The van der Waals surface area contributed by atoms with Crippen molar-refractivity contribution in [3.63, 3.8) is 0 Å². The second kappa shape index (κ2) is 5.64. The van der Waals surface area contributed by atoms with Crippen molar-refractivity contribution in [2.45, 2.75) is 27.3 Å². The van der Waals surface area contributed by atoms with Gasteiger partial charge in [0.2, 0.25) is 0 Å². The average Bonchev–Trinajstić information content (AvgIpc) is 2.85. The van der Waals surface area contributed by atoms with Crippen molar-refractivity contribution >= 4 is 33.5 Å². The van der Waals surface area contributed by atoms with Crippen LogP contribution in [0.1, 0.15) is 26.3 Å². The third-order valence-electron chi connectivity index (χ3n) is 3.75. The summed E-state index contributed by atoms with van der Waals surface area (Å²) in [5.74, 6) is -0.419. The Kier molecular flexibility index (Phi) is 3.67. The van der Waals surface area contributed by atoms with Gasteiger partial charge in [0.1, 0.15) is 0 Å². The number of carbonyl (C=O) groups is 1. The lowest BCUT2D eigenvalue weighted by Gasteiger charge is -2.04. The van der Waals surface area contributed by atoms with Gasteiger partial charge in [-0.25, -0.2) is 4.79 Å². The molecule has 0 aliphatic rings. The SMILES string of the molecule is CCn1c2cc[c]cc2c2cc(/C(C)=N\OC(C)=O)ccc21. The highest BCUT2D eigenvalue weighted by Gasteiger charge is 2.10. The van der Waals surface area contributed by atoms with Crippen LogP contribution in [-0.2, 0) is 16.2 Å². The van der Waals surface area contributed by atoms with Gasteiger partial charge in [-0.1, -0.05) is 17.3 Å². The molecule has 1 heterocycles. The lowest BCUT2D eigenvalue weighted by Crippen LogP contribution is -1.99. The van der Waals surface area contributed by atoms with Gasteiger partial charge in [-0.15, -0.1) is 0 Å². The Morgan fingerprint density at radius 1 is 1.23 bits per heavy atom. The molecule has 4 heteroatoms. The summed E-state index contributed by atoms with van der Waals surface area (Å²) in [5, 5.41) is 6.18. The number of aromatic nitrogens is 1. The van der Waals surface area contributed by atoms with Crippen molar-refractivity contribution < 1.29 is 9.63 Å². The van der Waals surface area contributed by atoms with Crippen LogP contribution in [0.25, 0.3) is 21.8 Å². The Morgan fingerprint density at radius 2 is 2.00 bits per heavy atom. The lowest BCUT2D eigenvalue weighted by atomic mass is 10.1. The van der Waals surface area contributed by atoms with Crippen molar-refractivity contribution in [2.24, 2.45) is 5.16 Å². The van der Waals surface area contributed by atoms with Crippen LogP contribution in [0.3, 0.4) is 0 Å². The average molecular weight is 293 g/mol. The molecule has 0 saturated heterocycles. The van der Waals surface area contributed by atoms with Gasteiger partial charge in [0.25, 0.3) is 0 Å². The second-order valence-corrected chi connectivity index (χ2v) is 5.18. The van der Waals surface area contributed by atoms with Gasteiger partial charge in [0.15, 0.2) is 0 Å². The van der Waals surface area contributed by atoms with Crippen LogP contribution in [0.2, 0.25) is 0 Å². The van der Waals surface area contributed by atoms with Crippen molar-refractivity contribution in [3.8, 4) is 0 Å². The minimum absolute atomic E-state index is 0.419. The molecule has 0 fully saturated rings. The second-order valence-electron chi connectivity index (χ2n) is 5.18. The summed E-state index contributed by atoms with van der Waals surface area (Å²) < 4.78 is 2.28. The first kappa shape index (κ1) is 14.3. The quantitative estimate of drug-likeness (QED) is 0.417. The van der Waals surface area contributed by atoms with Crippen LogP contribution in [0.15, 0.2) is 41.6 Å². The first-order valence-electron chi connectivity index (χ1n) is 7.26. The number of nitrogens with zero attached hydrogens (tertiary/aromatic N) is 2. The molecule has 0 aliphatic carbocycles. The highest BCUT2D eigenvalue weighted by Crippen LogP contribution is 2.29. The number of rotatable bonds is 3. The highest BCUT2D eigenvalue weighted by molar-refractivity contribution is 6.11. The molecular formula is C18H17N2O2. The molecule has 0 amide bonds. The Balaban J connectivity index is 2.20. The predicted molar refractivity (Wildman–Crippen MR) is 87.9 cm³/mol. The molecular weight excluding hydrogens is 276 g/mol. The molecule has 3 rings (SSSR count). The lowest BCUT2D eigenvalue weighted by molar-refractivity contribution is -0.140. The fourth-order valence-electron chi connectivity index (χ4n) is 2.74. The molecule has 0 spiro atoms. The predicted octanol–water partition coefficient (Wildman–Crippen LogP) is 3.90. The van der Waals surface area contributed by atoms with E-state index in [2.05, 4.69) is 40.9 Å². The van der Waals surface area contributed by atoms with Crippen LogP contribution in [0.4, 0.5) is 0 Å². The summed E-state index contributed by atoms with van der Waals surface area (Å²) in [6.45, 7) is 6.21. The molecule has 0 saturated carbocycles. The fourth-order valence-corrected chi connectivity index (χ4v) is 2.74. The number of fused-ring (bicyclic) bond motifs is 3. The van der Waals surface area contributed by atoms with Crippen molar-refractivity contribution in [1.82, 2.24) is 4.57 Å². The summed E-state index contributed by atoms with van der Waals surface area (Å²) in [6, 6.07) is 15.3. The van der Waals surface area contributed by atoms with E-state index in [4.69, 9.17) is 4.84 Å². The van der Waals surface area contributed by atoms with Crippen LogP contribution >= 0.6 is 0 Å².